The van der Waals surface area contributed by atoms with Crippen molar-refractivity contribution in [1.29, 1.82) is 0 Å². The van der Waals surface area contributed by atoms with Crippen LogP contribution in [0, 0.1) is 0 Å². The summed E-state index contributed by atoms with van der Waals surface area (Å²) in [6.07, 6.45) is 2.64. The van der Waals surface area contributed by atoms with Gasteiger partial charge in [0.1, 0.15) is 5.82 Å². The normalized spacial score (nSPS) is 21.1. The highest BCUT2D eigenvalue weighted by Crippen LogP contribution is 2.21. The van der Waals surface area contributed by atoms with Crippen molar-refractivity contribution in [1.82, 2.24) is 9.97 Å². The molecular formula is C8H11BrN4O. The number of halogens is 1. The molecule has 0 aromatic carbocycles. The molecular weight excluding hydrogens is 248 g/mol. The molecule has 76 valence electrons. The SMILES string of the molecule is Nc1ncc(Br)c(NC2CCOC2)n1. The highest BCUT2D eigenvalue weighted by molar-refractivity contribution is 9.10. The van der Waals surface area contributed by atoms with Crippen LogP contribution in [0.2, 0.25) is 0 Å². The molecule has 3 N–H and O–H groups in total. The third-order valence-electron chi connectivity index (χ3n) is 2.03. The number of nitrogen functional groups attached to an aromatic ring is 1. The van der Waals surface area contributed by atoms with E-state index in [2.05, 4.69) is 31.2 Å². The average molecular weight is 259 g/mol. The van der Waals surface area contributed by atoms with Gasteiger partial charge in [0.25, 0.3) is 0 Å². The molecule has 0 aliphatic carbocycles. The zero-order valence-electron chi connectivity index (χ0n) is 7.53. The fourth-order valence-electron chi connectivity index (χ4n) is 1.32. The second kappa shape index (κ2) is 4.10. The smallest absolute Gasteiger partial charge is 0.221 e. The van der Waals surface area contributed by atoms with Crippen LogP contribution in [-0.2, 0) is 4.74 Å². The maximum absolute atomic E-state index is 5.49. The molecule has 1 aliphatic heterocycles. The maximum Gasteiger partial charge on any atom is 0.221 e. The summed E-state index contributed by atoms with van der Waals surface area (Å²) in [4.78, 5) is 7.95. The summed E-state index contributed by atoms with van der Waals surface area (Å²) in [5.74, 6) is 1.00. The molecule has 1 saturated heterocycles. The molecule has 2 heterocycles. The van der Waals surface area contributed by atoms with Crippen LogP contribution >= 0.6 is 15.9 Å². The van der Waals surface area contributed by atoms with Gasteiger partial charge in [-0.05, 0) is 22.4 Å². The first-order valence-corrected chi connectivity index (χ1v) is 5.17. The van der Waals surface area contributed by atoms with Crippen molar-refractivity contribution in [2.45, 2.75) is 12.5 Å². The molecule has 1 unspecified atom stereocenters. The van der Waals surface area contributed by atoms with E-state index in [1.807, 2.05) is 0 Å². The van der Waals surface area contributed by atoms with Crippen LogP contribution in [0.4, 0.5) is 11.8 Å². The van der Waals surface area contributed by atoms with Gasteiger partial charge in [-0.2, -0.15) is 4.98 Å². The highest BCUT2D eigenvalue weighted by Gasteiger charge is 2.16. The minimum absolute atomic E-state index is 0.273. The third-order valence-corrected chi connectivity index (χ3v) is 2.61. The molecule has 2 rings (SSSR count). The number of hydrogen-bond acceptors (Lipinski definition) is 5. The van der Waals surface area contributed by atoms with Crippen molar-refractivity contribution < 1.29 is 4.74 Å². The van der Waals surface area contributed by atoms with E-state index >= 15 is 0 Å². The van der Waals surface area contributed by atoms with Gasteiger partial charge in [-0.3, -0.25) is 0 Å². The molecule has 5 nitrogen and oxygen atoms in total. The minimum atomic E-state index is 0.273. The molecule has 1 aromatic heterocycles. The lowest BCUT2D eigenvalue weighted by Crippen LogP contribution is -2.20. The number of rotatable bonds is 2. The fourth-order valence-corrected chi connectivity index (χ4v) is 1.63. The molecule has 0 bridgehead atoms. The number of hydrogen-bond donors (Lipinski definition) is 2. The minimum Gasteiger partial charge on any atom is -0.379 e. The molecule has 0 amide bonds. The number of anilines is 2. The molecule has 0 radical (unpaired) electrons. The molecule has 0 spiro atoms. The number of nitrogens with one attached hydrogen (secondary N) is 1. The van der Waals surface area contributed by atoms with Crippen LogP contribution in [0.25, 0.3) is 0 Å². The fraction of sp³-hybridized carbons (Fsp3) is 0.500. The van der Waals surface area contributed by atoms with Crippen molar-refractivity contribution in [3.05, 3.63) is 10.7 Å². The second-order valence-electron chi connectivity index (χ2n) is 3.13. The molecule has 1 atom stereocenters. The lowest BCUT2D eigenvalue weighted by atomic mass is 10.2. The molecule has 0 saturated carbocycles. The number of nitrogens with zero attached hydrogens (tertiary/aromatic N) is 2. The Hall–Kier alpha value is -0.880. The molecule has 6 heteroatoms. The van der Waals surface area contributed by atoms with E-state index in [1.54, 1.807) is 6.20 Å². The first-order chi connectivity index (χ1) is 6.75. The summed E-state index contributed by atoms with van der Waals surface area (Å²) in [5.41, 5.74) is 5.49. The Labute approximate surface area is 90.2 Å². The van der Waals surface area contributed by atoms with Crippen molar-refractivity contribution in [3.8, 4) is 0 Å². The first kappa shape index (κ1) is 9.67. The molecule has 1 aliphatic rings. The van der Waals surface area contributed by atoms with E-state index in [1.165, 1.54) is 0 Å². The van der Waals surface area contributed by atoms with Crippen LogP contribution in [0.15, 0.2) is 10.7 Å². The standard InChI is InChI=1S/C8H11BrN4O/c9-6-3-11-8(10)13-7(6)12-5-1-2-14-4-5/h3,5H,1-2,4H2,(H3,10,11,12,13). The van der Waals surface area contributed by atoms with Gasteiger partial charge in [-0.25, -0.2) is 4.98 Å². The molecule has 14 heavy (non-hydrogen) atoms. The summed E-state index contributed by atoms with van der Waals surface area (Å²) >= 11 is 3.35. The number of nitrogens with two attached hydrogens (primary N) is 1. The Morgan fingerprint density at radius 1 is 1.64 bits per heavy atom. The van der Waals surface area contributed by atoms with Crippen LogP contribution in [-0.4, -0.2) is 29.2 Å². The molecule has 1 fully saturated rings. The van der Waals surface area contributed by atoms with E-state index in [0.717, 1.165) is 29.9 Å². The van der Waals surface area contributed by atoms with Gasteiger partial charge in [0.15, 0.2) is 0 Å². The second-order valence-corrected chi connectivity index (χ2v) is 3.98. The van der Waals surface area contributed by atoms with E-state index < -0.39 is 0 Å². The zero-order valence-corrected chi connectivity index (χ0v) is 9.12. The number of aromatic nitrogens is 2. The summed E-state index contributed by atoms with van der Waals surface area (Å²) in [6, 6.07) is 0.320. The van der Waals surface area contributed by atoms with E-state index in [4.69, 9.17) is 10.5 Å². The van der Waals surface area contributed by atoms with Crippen LogP contribution in [0.5, 0.6) is 0 Å². The lowest BCUT2D eigenvalue weighted by Gasteiger charge is -2.12. The summed E-state index contributed by atoms with van der Waals surface area (Å²) in [7, 11) is 0. The Balaban J connectivity index is 2.10. The lowest BCUT2D eigenvalue weighted by molar-refractivity contribution is 0.195. The average Bonchev–Trinajstić information content (AvgIpc) is 2.64. The summed E-state index contributed by atoms with van der Waals surface area (Å²) < 4.78 is 6.07. The van der Waals surface area contributed by atoms with Crippen molar-refractivity contribution in [2.75, 3.05) is 24.3 Å². The summed E-state index contributed by atoms with van der Waals surface area (Å²) in [6.45, 7) is 1.52. The highest BCUT2D eigenvalue weighted by atomic mass is 79.9. The largest absolute Gasteiger partial charge is 0.379 e. The Morgan fingerprint density at radius 2 is 2.50 bits per heavy atom. The van der Waals surface area contributed by atoms with Crippen molar-refractivity contribution in [3.63, 3.8) is 0 Å². The van der Waals surface area contributed by atoms with Crippen LogP contribution in [0.1, 0.15) is 6.42 Å². The van der Waals surface area contributed by atoms with E-state index in [-0.39, 0.29) is 5.95 Å². The Bertz CT molecular complexity index is 327. The quantitative estimate of drug-likeness (QED) is 0.829. The zero-order chi connectivity index (χ0) is 9.97. The third kappa shape index (κ3) is 2.13. The Kier molecular flexibility index (Phi) is 2.83. The van der Waals surface area contributed by atoms with Crippen LogP contribution < -0.4 is 11.1 Å². The number of ether oxygens (including phenoxy) is 1. The predicted octanol–water partition coefficient (Wildman–Crippen LogP) is 1.02. The summed E-state index contributed by atoms with van der Waals surface area (Å²) in [5, 5.41) is 3.25. The van der Waals surface area contributed by atoms with Gasteiger partial charge in [0, 0.05) is 12.8 Å². The topological polar surface area (TPSA) is 73.1 Å². The van der Waals surface area contributed by atoms with Gasteiger partial charge < -0.3 is 15.8 Å². The van der Waals surface area contributed by atoms with Gasteiger partial charge in [-0.15, -0.1) is 0 Å². The van der Waals surface area contributed by atoms with Crippen LogP contribution in [0.3, 0.4) is 0 Å². The van der Waals surface area contributed by atoms with Gasteiger partial charge in [-0.1, -0.05) is 0 Å². The van der Waals surface area contributed by atoms with E-state index in [9.17, 15) is 0 Å². The van der Waals surface area contributed by atoms with Gasteiger partial charge in [0.2, 0.25) is 5.95 Å². The van der Waals surface area contributed by atoms with Gasteiger partial charge in [0.05, 0.1) is 17.1 Å². The van der Waals surface area contributed by atoms with Crippen molar-refractivity contribution >= 4 is 27.7 Å². The van der Waals surface area contributed by atoms with Gasteiger partial charge >= 0.3 is 0 Å². The monoisotopic (exact) mass is 258 g/mol. The Morgan fingerprint density at radius 3 is 3.21 bits per heavy atom. The predicted molar refractivity (Wildman–Crippen MR) is 57.0 cm³/mol. The van der Waals surface area contributed by atoms with E-state index in [0.29, 0.717) is 6.04 Å². The van der Waals surface area contributed by atoms with Crippen molar-refractivity contribution in [2.24, 2.45) is 0 Å². The molecule has 1 aromatic rings. The maximum atomic E-state index is 5.49. The first-order valence-electron chi connectivity index (χ1n) is 4.38.